The Balaban J connectivity index is 1.47. The Labute approximate surface area is 172 Å². The van der Waals surface area contributed by atoms with Crippen molar-refractivity contribution in [3.8, 4) is 0 Å². The van der Waals surface area contributed by atoms with Gasteiger partial charge in [-0.1, -0.05) is 30.3 Å². The molecule has 3 aromatic rings. The number of nitrogens with two attached hydrogens (primary N) is 1. The number of ether oxygens (including phenoxy) is 3. The van der Waals surface area contributed by atoms with Crippen LogP contribution in [0, 0.1) is 0 Å². The molecule has 2 aliphatic rings. The van der Waals surface area contributed by atoms with E-state index in [1.807, 2.05) is 44.2 Å². The van der Waals surface area contributed by atoms with Crippen LogP contribution in [0.25, 0.3) is 11.2 Å². The van der Waals surface area contributed by atoms with Gasteiger partial charge in [-0.05, 0) is 19.4 Å². The Morgan fingerprint density at radius 3 is 2.73 bits per heavy atom. The quantitative estimate of drug-likeness (QED) is 0.689. The number of rotatable bonds is 5. The van der Waals surface area contributed by atoms with Crippen LogP contribution in [-0.2, 0) is 20.8 Å². The van der Waals surface area contributed by atoms with Gasteiger partial charge in [0.05, 0.1) is 19.5 Å². The first-order valence-electron chi connectivity index (χ1n) is 9.73. The Bertz CT molecular complexity index is 1110. The number of nitrogens with zero attached hydrogens (tertiary/aromatic N) is 4. The van der Waals surface area contributed by atoms with Gasteiger partial charge in [0, 0.05) is 5.57 Å². The van der Waals surface area contributed by atoms with Crippen LogP contribution < -0.4 is 5.73 Å². The summed E-state index contributed by atoms with van der Waals surface area (Å²) in [4.78, 5) is 12.5. The van der Waals surface area contributed by atoms with E-state index in [1.165, 1.54) is 12.7 Å². The lowest BCUT2D eigenvalue weighted by molar-refractivity contribution is -0.149. The number of aromatic nitrogens is 4. The third kappa shape index (κ3) is 3.15. The minimum Gasteiger partial charge on any atom is -0.382 e. The fraction of sp³-hybridized carbons (Fsp3) is 0.381. The predicted octanol–water partition coefficient (Wildman–Crippen LogP) is 2.92. The highest BCUT2D eigenvalue weighted by Crippen LogP contribution is 2.48. The second kappa shape index (κ2) is 7.12. The number of halogens is 1. The molecule has 2 aromatic heterocycles. The standard InChI is InChI=1S/C21H22FN5O3/c1-21(2)29-17-13(9-28-8-12-6-4-3-5-7-12)14(22)16(18(17)30-21)27-11-26-15-19(23)24-10-25-20(15)27/h3-7,10-11,16-18H,8-9H2,1-2H3,(H2,23,24,25)/t16-,17-,18+/m1/s1. The third-order valence-electron chi connectivity index (χ3n) is 5.41. The highest BCUT2D eigenvalue weighted by atomic mass is 19.1. The largest absolute Gasteiger partial charge is 0.382 e. The molecular weight excluding hydrogens is 389 g/mol. The van der Waals surface area contributed by atoms with Crippen molar-refractivity contribution < 1.29 is 18.6 Å². The first-order valence-corrected chi connectivity index (χ1v) is 9.73. The Morgan fingerprint density at radius 1 is 1.13 bits per heavy atom. The van der Waals surface area contributed by atoms with Crippen molar-refractivity contribution in [2.75, 3.05) is 12.3 Å². The van der Waals surface area contributed by atoms with Gasteiger partial charge in [0.2, 0.25) is 0 Å². The van der Waals surface area contributed by atoms with Crippen molar-refractivity contribution in [2.45, 2.75) is 44.5 Å². The maximum Gasteiger partial charge on any atom is 0.166 e. The van der Waals surface area contributed by atoms with Gasteiger partial charge < -0.3 is 24.5 Å². The molecule has 0 bridgehead atoms. The summed E-state index contributed by atoms with van der Waals surface area (Å²) < 4.78 is 35.2. The molecule has 8 nitrogen and oxygen atoms in total. The van der Waals surface area contributed by atoms with Crippen molar-refractivity contribution in [1.82, 2.24) is 19.5 Å². The predicted molar refractivity (Wildman–Crippen MR) is 107 cm³/mol. The van der Waals surface area contributed by atoms with Gasteiger partial charge in [0.25, 0.3) is 0 Å². The van der Waals surface area contributed by atoms with Crippen molar-refractivity contribution in [2.24, 2.45) is 0 Å². The minimum atomic E-state index is -0.844. The fourth-order valence-electron chi connectivity index (χ4n) is 4.12. The zero-order valence-corrected chi connectivity index (χ0v) is 16.7. The summed E-state index contributed by atoms with van der Waals surface area (Å²) in [6, 6.07) is 8.97. The lowest BCUT2D eigenvalue weighted by Gasteiger charge is -2.22. The normalized spacial score (nSPS) is 25.2. The van der Waals surface area contributed by atoms with Crippen molar-refractivity contribution in [3.63, 3.8) is 0 Å². The first kappa shape index (κ1) is 19.1. The molecule has 3 atom stereocenters. The molecule has 1 saturated heterocycles. The molecule has 30 heavy (non-hydrogen) atoms. The van der Waals surface area contributed by atoms with E-state index >= 15 is 4.39 Å². The Hall–Kier alpha value is -2.88. The number of hydrogen-bond acceptors (Lipinski definition) is 7. The summed E-state index contributed by atoms with van der Waals surface area (Å²) in [5.41, 5.74) is 8.22. The van der Waals surface area contributed by atoms with Gasteiger partial charge in [-0.2, -0.15) is 0 Å². The first-order chi connectivity index (χ1) is 14.4. The molecule has 1 aliphatic heterocycles. The molecule has 2 N–H and O–H groups in total. The maximum atomic E-state index is 15.7. The van der Waals surface area contributed by atoms with Crippen LogP contribution in [0.5, 0.6) is 0 Å². The van der Waals surface area contributed by atoms with E-state index < -0.39 is 24.0 Å². The molecule has 3 heterocycles. The lowest BCUT2D eigenvalue weighted by atomic mass is 10.1. The van der Waals surface area contributed by atoms with Crippen LogP contribution in [-0.4, -0.2) is 44.1 Å². The van der Waals surface area contributed by atoms with Crippen molar-refractivity contribution in [1.29, 1.82) is 0 Å². The van der Waals surface area contributed by atoms with Crippen LogP contribution in [0.2, 0.25) is 0 Å². The summed E-state index contributed by atoms with van der Waals surface area (Å²) in [6.07, 6.45) is 1.73. The van der Waals surface area contributed by atoms with Crippen molar-refractivity contribution >= 4 is 17.0 Å². The number of fused-ring (bicyclic) bond motifs is 2. The van der Waals surface area contributed by atoms with Gasteiger partial charge in [-0.25, -0.2) is 19.3 Å². The summed E-state index contributed by atoms with van der Waals surface area (Å²) in [5.74, 6) is -0.957. The summed E-state index contributed by atoms with van der Waals surface area (Å²) >= 11 is 0. The average Bonchev–Trinajstić information content (AvgIpc) is 3.34. The van der Waals surface area contributed by atoms with E-state index in [1.54, 1.807) is 4.57 Å². The average molecular weight is 411 g/mol. The number of nitrogen functional groups attached to an aromatic ring is 1. The fourth-order valence-corrected chi connectivity index (χ4v) is 4.12. The van der Waals surface area contributed by atoms with Gasteiger partial charge in [0.15, 0.2) is 17.3 Å². The third-order valence-corrected chi connectivity index (χ3v) is 5.41. The van der Waals surface area contributed by atoms with Gasteiger partial charge in [0.1, 0.15) is 35.9 Å². The smallest absolute Gasteiger partial charge is 0.166 e. The van der Waals surface area contributed by atoms with Crippen LogP contribution in [0.15, 0.2) is 54.4 Å². The van der Waals surface area contributed by atoms with E-state index in [2.05, 4.69) is 15.0 Å². The summed E-state index contributed by atoms with van der Waals surface area (Å²) in [6.45, 7) is 4.10. The van der Waals surface area contributed by atoms with E-state index in [0.29, 0.717) is 23.3 Å². The molecule has 0 unspecified atom stereocenters. The molecule has 1 fully saturated rings. The van der Waals surface area contributed by atoms with Crippen molar-refractivity contribution in [3.05, 3.63) is 59.9 Å². The molecule has 0 radical (unpaired) electrons. The Morgan fingerprint density at radius 2 is 1.93 bits per heavy atom. The van der Waals surface area contributed by atoms with E-state index in [9.17, 15) is 0 Å². The second-order valence-corrected chi connectivity index (χ2v) is 7.90. The van der Waals surface area contributed by atoms with Gasteiger partial charge >= 0.3 is 0 Å². The summed E-state index contributed by atoms with van der Waals surface area (Å²) in [7, 11) is 0. The van der Waals surface area contributed by atoms with Crippen LogP contribution in [0.3, 0.4) is 0 Å². The number of benzene rings is 1. The monoisotopic (exact) mass is 411 g/mol. The molecule has 9 heteroatoms. The topological polar surface area (TPSA) is 97.3 Å². The molecule has 1 aromatic carbocycles. The molecule has 156 valence electrons. The molecule has 0 saturated carbocycles. The van der Waals surface area contributed by atoms with Crippen LogP contribution in [0.1, 0.15) is 25.5 Å². The Kier molecular flexibility index (Phi) is 4.53. The maximum absolute atomic E-state index is 15.7. The minimum absolute atomic E-state index is 0.0988. The van der Waals surface area contributed by atoms with E-state index in [-0.39, 0.29) is 18.3 Å². The summed E-state index contributed by atoms with van der Waals surface area (Å²) in [5, 5.41) is 0. The van der Waals surface area contributed by atoms with Crippen LogP contribution >= 0.6 is 0 Å². The van der Waals surface area contributed by atoms with E-state index in [4.69, 9.17) is 19.9 Å². The molecule has 5 rings (SSSR count). The highest BCUT2D eigenvalue weighted by Gasteiger charge is 2.55. The second-order valence-electron chi connectivity index (χ2n) is 7.90. The van der Waals surface area contributed by atoms with E-state index in [0.717, 1.165) is 5.56 Å². The highest BCUT2D eigenvalue weighted by molar-refractivity contribution is 5.81. The zero-order valence-electron chi connectivity index (χ0n) is 16.7. The number of hydrogen-bond donors (Lipinski definition) is 1. The van der Waals surface area contributed by atoms with Crippen LogP contribution in [0.4, 0.5) is 10.2 Å². The van der Waals surface area contributed by atoms with Gasteiger partial charge in [-0.15, -0.1) is 0 Å². The number of imidazole rings is 1. The molecule has 1 aliphatic carbocycles. The lowest BCUT2D eigenvalue weighted by Crippen LogP contribution is -2.29. The molecule has 0 amide bonds. The molecular formula is C21H22FN5O3. The SMILES string of the molecule is CC1(C)O[C@@H]2[C@H](O1)C(COCc1ccccc1)=C(F)[C@H]2n1cnc2c(N)ncnc21. The molecule has 0 spiro atoms. The van der Waals surface area contributed by atoms with Gasteiger partial charge in [-0.3, -0.25) is 0 Å². The zero-order chi connectivity index (χ0) is 20.9. The number of anilines is 1.